The van der Waals surface area contributed by atoms with Gasteiger partial charge < -0.3 is 27.0 Å². The maximum Gasteiger partial charge on any atom is 0.316 e. The number of halogens is 2. The number of amidine groups is 2. The van der Waals surface area contributed by atoms with E-state index >= 15 is 0 Å². The smallest absolute Gasteiger partial charge is 0.316 e. The third-order valence-corrected chi connectivity index (χ3v) is 9.48. The van der Waals surface area contributed by atoms with Gasteiger partial charge in [-0.25, -0.2) is 9.48 Å². The minimum Gasteiger partial charge on any atom is -1.00 e. The van der Waals surface area contributed by atoms with Gasteiger partial charge in [0.25, 0.3) is 5.72 Å². The van der Waals surface area contributed by atoms with Crippen LogP contribution >= 0.6 is 40.5 Å². The summed E-state index contributed by atoms with van der Waals surface area (Å²) < 4.78 is 2.14. The molecule has 1 N–H and O–H groups in total. The molecule has 3 aliphatic heterocycles. The number of rotatable bonds is 6. The van der Waals surface area contributed by atoms with Crippen molar-refractivity contribution in [2.45, 2.75) is 5.72 Å². The van der Waals surface area contributed by atoms with Gasteiger partial charge in [-0.3, -0.25) is 9.79 Å². The van der Waals surface area contributed by atoms with Gasteiger partial charge in [-0.1, -0.05) is 109 Å². The van der Waals surface area contributed by atoms with Crippen LogP contribution in [-0.4, -0.2) is 63.5 Å². The van der Waals surface area contributed by atoms with E-state index in [0.29, 0.717) is 13.1 Å². The van der Waals surface area contributed by atoms with E-state index in [1.54, 1.807) is 11.8 Å². The predicted octanol–water partition coefficient (Wildman–Crippen LogP) is 3.53. The van der Waals surface area contributed by atoms with E-state index < -0.39 is 5.72 Å². The molecule has 0 bridgehead atoms. The van der Waals surface area contributed by atoms with Crippen LogP contribution in [0.4, 0.5) is 11.4 Å². The highest BCUT2D eigenvalue weighted by Crippen LogP contribution is 2.37. The average Bonchev–Trinajstić information content (AvgIpc) is 3.82. The quantitative estimate of drug-likeness (QED) is 0.241. The zero-order valence-corrected chi connectivity index (χ0v) is 29.0. The molecule has 7 rings (SSSR count). The minimum absolute atomic E-state index is 0. The van der Waals surface area contributed by atoms with Gasteiger partial charge in [-0.2, -0.15) is 0 Å². The van der Waals surface area contributed by atoms with Crippen LogP contribution in [0.1, 0.15) is 15.9 Å². The summed E-state index contributed by atoms with van der Waals surface area (Å²) in [4.78, 5) is 21.2. The number of thioether (sulfide) groups is 2. The SMILES string of the molecule is Br.O=C(CN(C1=NCCS1)c1ccccc1)c1ccccc1.OC1(c2ccccc2)CN(c2ccccc2)C2=[N+]1CCS2.[Br-]. The standard InChI is InChI=1S/C17H17N2OS.C17H16N2OS.2BrH/c20-17(14-7-3-1-4-8-14)13-18(15-9-5-2-6-10-15)16-19(17)11-12-21-16;20-16(14-7-3-1-4-8-14)13-19(17-18-11-12-21-17)15-9-5-2-6-10-15;;/h1-10,20H,11-13H2;1-10H,11-13H2;2*1H/q+1;;;/p-1. The van der Waals surface area contributed by atoms with Gasteiger partial charge in [0.1, 0.15) is 5.69 Å². The number of ketones is 1. The normalized spacial score (nSPS) is 18.3. The maximum absolute atomic E-state index is 12.5. The molecule has 44 heavy (non-hydrogen) atoms. The number of benzene rings is 4. The van der Waals surface area contributed by atoms with Gasteiger partial charge in [0.05, 0.1) is 19.6 Å². The summed E-state index contributed by atoms with van der Waals surface area (Å²) in [7, 11) is 0. The first-order valence-corrected chi connectivity index (χ1v) is 16.1. The van der Waals surface area contributed by atoms with E-state index in [9.17, 15) is 9.90 Å². The Morgan fingerprint density at radius 2 is 1.43 bits per heavy atom. The number of para-hydroxylation sites is 2. The molecule has 4 aromatic carbocycles. The Labute approximate surface area is 288 Å². The first-order valence-electron chi connectivity index (χ1n) is 14.1. The lowest BCUT2D eigenvalue weighted by atomic mass is 10.0. The molecule has 3 aliphatic rings. The lowest BCUT2D eigenvalue weighted by Gasteiger charge is -2.23. The summed E-state index contributed by atoms with van der Waals surface area (Å²) >= 11 is 3.53. The molecule has 0 radical (unpaired) electrons. The zero-order valence-electron chi connectivity index (χ0n) is 24.0. The molecule has 6 nitrogen and oxygen atoms in total. The second-order valence-corrected chi connectivity index (χ2v) is 12.2. The molecule has 0 amide bonds. The van der Waals surface area contributed by atoms with E-state index in [1.807, 2.05) is 126 Å². The highest BCUT2D eigenvalue weighted by Gasteiger charge is 2.54. The summed E-state index contributed by atoms with van der Waals surface area (Å²) in [5, 5.41) is 13.4. The fraction of sp³-hybridized carbons (Fsp3) is 0.206. The first-order chi connectivity index (χ1) is 20.6. The first kappa shape index (κ1) is 34.0. The number of aliphatic hydroxyl groups is 1. The van der Waals surface area contributed by atoms with Crippen molar-refractivity contribution in [2.24, 2.45) is 4.99 Å². The summed E-state index contributed by atoms with van der Waals surface area (Å²) in [6.45, 7) is 2.60. The van der Waals surface area contributed by atoms with Crippen molar-refractivity contribution in [3.63, 3.8) is 0 Å². The Morgan fingerprint density at radius 3 is 2.05 bits per heavy atom. The molecule has 0 spiro atoms. The van der Waals surface area contributed by atoms with E-state index in [4.69, 9.17) is 0 Å². The highest BCUT2D eigenvalue weighted by molar-refractivity contribution is 8.93. The second kappa shape index (κ2) is 15.9. The van der Waals surface area contributed by atoms with Gasteiger partial charge in [0.15, 0.2) is 17.5 Å². The van der Waals surface area contributed by atoms with Gasteiger partial charge >= 0.3 is 5.17 Å². The molecule has 1 unspecified atom stereocenters. The molecule has 228 valence electrons. The Bertz CT molecular complexity index is 1580. The average molecular weight is 755 g/mol. The van der Waals surface area contributed by atoms with Crippen molar-refractivity contribution < 1.29 is 31.5 Å². The largest absolute Gasteiger partial charge is 1.00 e. The molecule has 10 heteroatoms. The van der Waals surface area contributed by atoms with E-state index in [1.165, 1.54) is 0 Å². The van der Waals surface area contributed by atoms with Crippen LogP contribution in [-0.2, 0) is 5.72 Å². The Morgan fingerprint density at radius 1 is 0.841 bits per heavy atom. The molecular formula is C34H34Br2N4O2S2. The fourth-order valence-electron chi connectivity index (χ4n) is 5.33. The maximum atomic E-state index is 12.5. The number of β-amino-alcohol motifs (C(OH)–C–C–N with tert-alkyl or cyclic N) is 1. The second-order valence-electron chi connectivity index (χ2n) is 10.1. The Balaban J connectivity index is 0.000000192. The molecular weight excluding hydrogens is 720 g/mol. The van der Waals surface area contributed by atoms with Crippen molar-refractivity contribution in [3.05, 3.63) is 132 Å². The summed E-state index contributed by atoms with van der Waals surface area (Å²) in [5.41, 5.74) is 2.91. The predicted molar refractivity (Wildman–Crippen MR) is 186 cm³/mol. The van der Waals surface area contributed by atoms with Crippen molar-refractivity contribution in [3.8, 4) is 0 Å². The summed E-state index contributed by atoms with van der Waals surface area (Å²) in [6.07, 6.45) is 0. The van der Waals surface area contributed by atoms with Crippen LogP contribution < -0.4 is 26.8 Å². The van der Waals surface area contributed by atoms with Gasteiger partial charge in [-0.05, 0) is 36.0 Å². The molecule has 0 aromatic heterocycles. The van der Waals surface area contributed by atoms with Crippen molar-refractivity contribution in [2.75, 3.05) is 47.5 Å². The molecule has 3 heterocycles. The zero-order chi connectivity index (χ0) is 28.8. The molecule has 1 atom stereocenters. The molecule has 4 aromatic rings. The van der Waals surface area contributed by atoms with Crippen LogP contribution in [0, 0.1) is 0 Å². The molecule has 0 saturated carbocycles. The number of Topliss-reactive ketones (excluding diaryl/α,β-unsaturated/α-hetero) is 1. The number of aliphatic imine (C=N–C) groups is 1. The topological polar surface area (TPSA) is 59.2 Å². The number of carbonyl (C=O) groups excluding carboxylic acids is 1. The molecule has 0 saturated heterocycles. The molecule has 0 aliphatic carbocycles. The number of carbonyl (C=O) groups is 1. The Kier molecular flexibility index (Phi) is 12.3. The van der Waals surface area contributed by atoms with Gasteiger partial charge in [-0.15, -0.1) is 17.0 Å². The van der Waals surface area contributed by atoms with E-state index in [0.717, 1.165) is 57.4 Å². The fourth-order valence-corrected chi connectivity index (χ4v) is 7.38. The van der Waals surface area contributed by atoms with E-state index in [2.05, 4.69) is 26.6 Å². The van der Waals surface area contributed by atoms with Crippen LogP contribution in [0.3, 0.4) is 0 Å². The lowest BCUT2D eigenvalue weighted by molar-refractivity contribution is -0.650. The van der Waals surface area contributed by atoms with Crippen LogP contribution in [0.5, 0.6) is 0 Å². The molecule has 0 fully saturated rings. The summed E-state index contributed by atoms with van der Waals surface area (Å²) in [6, 6.07) is 39.7. The van der Waals surface area contributed by atoms with Crippen molar-refractivity contribution in [1.82, 2.24) is 0 Å². The van der Waals surface area contributed by atoms with Crippen LogP contribution in [0.2, 0.25) is 0 Å². The monoisotopic (exact) mass is 752 g/mol. The van der Waals surface area contributed by atoms with Crippen molar-refractivity contribution in [1.29, 1.82) is 0 Å². The van der Waals surface area contributed by atoms with Gasteiger partial charge in [0.2, 0.25) is 0 Å². The van der Waals surface area contributed by atoms with E-state index in [-0.39, 0.29) is 39.7 Å². The third-order valence-electron chi connectivity index (χ3n) is 7.40. The highest BCUT2D eigenvalue weighted by atomic mass is 79.9. The minimum atomic E-state index is -0.935. The number of nitrogens with zero attached hydrogens (tertiary/aromatic N) is 4. The lowest BCUT2D eigenvalue weighted by Crippen LogP contribution is -3.00. The summed E-state index contributed by atoms with van der Waals surface area (Å²) in [5.74, 6) is 2.11. The van der Waals surface area contributed by atoms with Crippen molar-refractivity contribution >= 4 is 68.0 Å². The third kappa shape index (κ3) is 7.49. The number of hydrogen-bond donors (Lipinski definition) is 1. The van der Waals surface area contributed by atoms with Gasteiger partial charge in [0, 0.05) is 28.3 Å². The number of anilines is 2. The van der Waals surface area contributed by atoms with Crippen LogP contribution in [0.25, 0.3) is 0 Å². The number of hydrogen-bond acceptors (Lipinski definition) is 7. The van der Waals surface area contributed by atoms with Crippen LogP contribution in [0.15, 0.2) is 126 Å². The Hall–Kier alpha value is -2.89.